The van der Waals surface area contributed by atoms with Gasteiger partial charge in [0.1, 0.15) is 0 Å². The number of halogens is 1. The third-order valence-corrected chi connectivity index (χ3v) is 5.82. The van der Waals surface area contributed by atoms with Gasteiger partial charge in [-0.3, -0.25) is 4.79 Å². The molecule has 3 aliphatic rings. The molecule has 1 amide bonds. The number of fused-ring (bicyclic) bond motifs is 1. The van der Waals surface area contributed by atoms with Crippen LogP contribution < -0.4 is 14.8 Å². The molecular formula is C20H29ClN2O3. The van der Waals surface area contributed by atoms with Gasteiger partial charge < -0.3 is 19.7 Å². The molecule has 2 aliphatic heterocycles. The fraction of sp³-hybridized carbons (Fsp3) is 0.650. The molecule has 1 aliphatic carbocycles. The quantitative estimate of drug-likeness (QED) is 0.868. The van der Waals surface area contributed by atoms with E-state index >= 15 is 0 Å². The second-order valence-electron chi connectivity index (χ2n) is 7.47. The zero-order valence-electron chi connectivity index (χ0n) is 15.2. The minimum atomic E-state index is 0. The predicted molar refractivity (Wildman–Crippen MR) is 103 cm³/mol. The Labute approximate surface area is 161 Å². The molecule has 144 valence electrons. The van der Waals surface area contributed by atoms with Gasteiger partial charge in [0.05, 0.1) is 0 Å². The lowest BCUT2D eigenvalue weighted by Gasteiger charge is -2.35. The lowest BCUT2D eigenvalue weighted by atomic mass is 9.87. The second-order valence-corrected chi connectivity index (χ2v) is 7.47. The van der Waals surface area contributed by atoms with Crippen LogP contribution in [-0.4, -0.2) is 36.7 Å². The summed E-state index contributed by atoms with van der Waals surface area (Å²) in [6.07, 6.45) is 8.00. The fourth-order valence-corrected chi connectivity index (χ4v) is 4.30. The normalized spacial score (nSPS) is 20.7. The first-order valence-electron chi connectivity index (χ1n) is 9.71. The fourth-order valence-electron chi connectivity index (χ4n) is 4.30. The summed E-state index contributed by atoms with van der Waals surface area (Å²) in [5.41, 5.74) is 1.15. The molecule has 26 heavy (non-hydrogen) atoms. The minimum Gasteiger partial charge on any atom is -0.454 e. The molecule has 2 fully saturated rings. The van der Waals surface area contributed by atoms with E-state index in [2.05, 4.69) is 16.3 Å². The van der Waals surface area contributed by atoms with Crippen LogP contribution in [0.3, 0.4) is 0 Å². The Morgan fingerprint density at radius 2 is 1.85 bits per heavy atom. The molecular weight excluding hydrogens is 352 g/mol. The van der Waals surface area contributed by atoms with Crippen molar-refractivity contribution in [1.82, 2.24) is 10.2 Å². The molecule has 1 saturated carbocycles. The molecule has 1 aromatic carbocycles. The molecule has 1 aromatic rings. The number of rotatable bonds is 4. The van der Waals surface area contributed by atoms with E-state index in [1.165, 1.54) is 19.3 Å². The lowest BCUT2D eigenvalue weighted by Crippen LogP contribution is -2.46. The molecule has 0 bridgehead atoms. The van der Waals surface area contributed by atoms with Gasteiger partial charge in [-0.15, -0.1) is 12.4 Å². The molecule has 0 aromatic heterocycles. The van der Waals surface area contributed by atoms with E-state index in [0.717, 1.165) is 62.4 Å². The first-order chi connectivity index (χ1) is 12.3. The van der Waals surface area contributed by atoms with E-state index in [-0.39, 0.29) is 12.4 Å². The largest absolute Gasteiger partial charge is 0.454 e. The van der Waals surface area contributed by atoms with E-state index in [0.29, 0.717) is 24.7 Å². The van der Waals surface area contributed by atoms with E-state index in [1.807, 2.05) is 12.1 Å². The van der Waals surface area contributed by atoms with Crippen molar-refractivity contribution in [3.8, 4) is 11.5 Å². The average Bonchev–Trinajstić information content (AvgIpc) is 3.16. The minimum absolute atomic E-state index is 0. The lowest BCUT2D eigenvalue weighted by molar-refractivity contribution is -0.137. The molecule has 5 nitrogen and oxygen atoms in total. The number of amides is 1. The number of piperidine rings is 1. The van der Waals surface area contributed by atoms with Crippen molar-refractivity contribution in [1.29, 1.82) is 0 Å². The van der Waals surface area contributed by atoms with Gasteiger partial charge >= 0.3 is 0 Å². The highest BCUT2D eigenvalue weighted by molar-refractivity contribution is 5.85. The molecule has 6 heteroatoms. The molecule has 1 saturated heterocycles. The van der Waals surface area contributed by atoms with Gasteiger partial charge in [0, 0.05) is 37.2 Å². The molecule has 4 rings (SSSR count). The Morgan fingerprint density at radius 1 is 1.08 bits per heavy atom. The monoisotopic (exact) mass is 380 g/mol. The SMILES string of the molecule is Cl.O=C(C1CCCCC1)N1CCC(NCc2cccc3c2OCO3)CC1. The summed E-state index contributed by atoms with van der Waals surface area (Å²) in [5.74, 6) is 2.42. The molecule has 0 spiro atoms. The number of para-hydroxylation sites is 1. The molecule has 2 heterocycles. The van der Waals surface area contributed by atoms with Crippen LogP contribution in [0.25, 0.3) is 0 Å². The number of hydrogen-bond acceptors (Lipinski definition) is 4. The van der Waals surface area contributed by atoms with Crippen LogP contribution in [0.1, 0.15) is 50.5 Å². The number of likely N-dealkylation sites (tertiary alicyclic amines) is 1. The molecule has 0 unspecified atom stereocenters. The van der Waals surface area contributed by atoms with Gasteiger partial charge in [0.25, 0.3) is 0 Å². The molecule has 0 radical (unpaired) electrons. The van der Waals surface area contributed by atoms with Crippen LogP contribution >= 0.6 is 12.4 Å². The number of nitrogens with one attached hydrogen (secondary N) is 1. The van der Waals surface area contributed by atoms with E-state index in [4.69, 9.17) is 9.47 Å². The van der Waals surface area contributed by atoms with Gasteiger partial charge in [0.2, 0.25) is 12.7 Å². The number of carbonyl (C=O) groups excluding carboxylic acids is 1. The number of benzene rings is 1. The van der Waals surface area contributed by atoms with Gasteiger partial charge in [-0.25, -0.2) is 0 Å². The maximum atomic E-state index is 12.6. The topological polar surface area (TPSA) is 50.8 Å². The first-order valence-corrected chi connectivity index (χ1v) is 9.71. The third kappa shape index (κ3) is 4.26. The summed E-state index contributed by atoms with van der Waals surface area (Å²) in [6, 6.07) is 6.51. The highest BCUT2D eigenvalue weighted by Crippen LogP contribution is 2.35. The number of nitrogens with zero attached hydrogens (tertiary/aromatic N) is 1. The number of carbonyl (C=O) groups is 1. The zero-order chi connectivity index (χ0) is 17.1. The highest BCUT2D eigenvalue weighted by atomic mass is 35.5. The number of hydrogen-bond donors (Lipinski definition) is 1. The zero-order valence-corrected chi connectivity index (χ0v) is 16.1. The summed E-state index contributed by atoms with van der Waals surface area (Å²) < 4.78 is 11.0. The van der Waals surface area contributed by atoms with Crippen molar-refractivity contribution < 1.29 is 14.3 Å². The van der Waals surface area contributed by atoms with Crippen LogP contribution in [0.4, 0.5) is 0 Å². The Morgan fingerprint density at radius 3 is 2.62 bits per heavy atom. The van der Waals surface area contributed by atoms with E-state index < -0.39 is 0 Å². The standard InChI is InChI=1S/C20H28N2O3.ClH/c23-20(15-5-2-1-3-6-15)22-11-9-17(10-12-22)21-13-16-7-4-8-18-19(16)25-14-24-18;/h4,7-8,15,17,21H,1-3,5-6,9-14H2;1H. The molecule has 1 N–H and O–H groups in total. The van der Waals surface area contributed by atoms with Crippen molar-refractivity contribution in [2.75, 3.05) is 19.9 Å². The van der Waals surface area contributed by atoms with E-state index in [9.17, 15) is 4.79 Å². The summed E-state index contributed by atoms with van der Waals surface area (Å²) in [6.45, 7) is 2.88. The van der Waals surface area contributed by atoms with Crippen molar-refractivity contribution >= 4 is 18.3 Å². The Kier molecular flexibility index (Phi) is 6.65. The Balaban J connectivity index is 0.00000196. The average molecular weight is 381 g/mol. The summed E-state index contributed by atoms with van der Waals surface area (Å²) >= 11 is 0. The highest BCUT2D eigenvalue weighted by Gasteiger charge is 2.29. The third-order valence-electron chi connectivity index (χ3n) is 5.82. The van der Waals surface area contributed by atoms with Gasteiger partial charge in [-0.1, -0.05) is 31.4 Å². The van der Waals surface area contributed by atoms with Crippen LogP contribution in [0, 0.1) is 5.92 Å². The maximum Gasteiger partial charge on any atom is 0.231 e. The van der Waals surface area contributed by atoms with Crippen LogP contribution in [0.5, 0.6) is 11.5 Å². The van der Waals surface area contributed by atoms with Gasteiger partial charge in [-0.2, -0.15) is 0 Å². The Bertz CT molecular complexity index is 611. The molecule has 0 atom stereocenters. The van der Waals surface area contributed by atoms with Crippen molar-refractivity contribution in [3.05, 3.63) is 23.8 Å². The number of ether oxygens (including phenoxy) is 2. The van der Waals surface area contributed by atoms with Gasteiger partial charge in [0.15, 0.2) is 11.5 Å². The maximum absolute atomic E-state index is 12.6. The van der Waals surface area contributed by atoms with Crippen molar-refractivity contribution in [3.63, 3.8) is 0 Å². The Hall–Kier alpha value is -1.46. The van der Waals surface area contributed by atoms with Crippen LogP contribution in [-0.2, 0) is 11.3 Å². The summed E-state index contributed by atoms with van der Waals surface area (Å²) in [4.78, 5) is 14.7. The van der Waals surface area contributed by atoms with Crippen molar-refractivity contribution in [2.24, 2.45) is 5.92 Å². The van der Waals surface area contributed by atoms with Crippen LogP contribution in [0.15, 0.2) is 18.2 Å². The van der Waals surface area contributed by atoms with Crippen molar-refractivity contribution in [2.45, 2.75) is 57.5 Å². The summed E-state index contributed by atoms with van der Waals surface area (Å²) in [5, 5.41) is 3.63. The van der Waals surface area contributed by atoms with E-state index in [1.54, 1.807) is 0 Å². The predicted octanol–water partition coefficient (Wildman–Crippen LogP) is 3.50. The first kappa shape index (κ1) is 19.3. The van der Waals surface area contributed by atoms with Crippen LogP contribution in [0.2, 0.25) is 0 Å². The smallest absolute Gasteiger partial charge is 0.231 e. The van der Waals surface area contributed by atoms with Gasteiger partial charge in [-0.05, 0) is 31.7 Å². The second kappa shape index (κ2) is 8.96. The summed E-state index contributed by atoms with van der Waals surface area (Å²) in [7, 11) is 0.